The monoisotopic (exact) mass is 235 g/mol. The molecule has 2 atom stereocenters. The van der Waals surface area contributed by atoms with Crippen LogP contribution in [0.2, 0.25) is 0 Å². The molecule has 1 rings (SSSR count). The highest BCUT2D eigenvalue weighted by molar-refractivity contribution is 5.29. The Morgan fingerprint density at radius 3 is 2.53 bits per heavy atom. The van der Waals surface area contributed by atoms with Crippen molar-refractivity contribution < 1.29 is 4.74 Å². The molecule has 1 aromatic carbocycles. The summed E-state index contributed by atoms with van der Waals surface area (Å²) in [5.41, 5.74) is 2.68. The molecule has 1 N–H and O–H groups in total. The summed E-state index contributed by atoms with van der Waals surface area (Å²) in [5, 5.41) is 3.59. The first-order valence-electron chi connectivity index (χ1n) is 6.61. The summed E-state index contributed by atoms with van der Waals surface area (Å²) in [6, 6.07) is 8.83. The molecule has 0 fully saturated rings. The van der Waals surface area contributed by atoms with Crippen molar-refractivity contribution in [3.05, 3.63) is 35.4 Å². The molecule has 0 spiro atoms. The SMILES string of the molecule is CCCNC(c1ccccc1C)C(C)OCC. The van der Waals surface area contributed by atoms with E-state index in [1.54, 1.807) is 0 Å². The molecule has 0 amide bonds. The van der Waals surface area contributed by atoms with Crippen LogP contribution in [0.3, 0.4) is 0 Å². The lowest BCUT2D eigenvalue weighted by Gasteiger charge is -2.26. The normalized spacial score (nSPS) is 14.6. The quantitative estimate of drug-likeness (QED) is 0.781. The minimum atomic E-state index is 0.202. The van der Waals surface area contributed by atoms with Crippen molar-refractivity contribution in [3.63, 3.8) is 0 Å². The van der Waals surface area contributed by atoms with Crippen LogP contribution in [0.1, 0.15) is 44.4 Å². The maximum Gasteiger partial charge on any atom is 0.0741 e. The summed E-state index contributed by atoms with van der Waals surface area (Å²) in [6.07, 6.45) is 1.34. The van der Waals surface area contributed by atoms with Crippen molar-refractivity contribution in [2.75, 3.05) is 13.2 Å². The van der Waals surface area contributed by atoms with Crippen molar-refractivity contribution in [1.29, 1.82) is 0 Å². The highest BCUT2D eigenvalue weighted by Gasteiger charge is 2.19. The van der Waals surface area contributed by atoms with Gasteiger partial charge >= 0.3 is 0 Å². The van der Waals surface area contributed by atoms with E-state index >= 15 is 0 Å². The van der Waals surface area contributed by atoms with Crippen LogP contribution in [0.5, 0.6) is 0 Å². The van der Waals surface area contributed by atoms with E-state index in [4.69, 9.17) is 4.74 Å². The van der Waals surface area contributed by atoms with Gasteiger partial charge in [0.05, 0.1) is 12.1 Å². The van der Waals surface area contributed by atoms with Gasteiger partial charge in [0, 0.05) is 6.61 Å². The average Bonchev–Trinajstić information content (AvgIpc) is 2.32. The van der Waals surface area contributed by atoms with E-state index in [9.17, 15) is 0 Å². The predicted molar refractivity (Wildman–Crippen MR) is 73.3 cm³/mol. The van der Waals surface area contributed by atoms with Gasteiger partial charge in [0.1, 0.15) is 0 Å². The highest BCUT2D eigenvalue weighted by atomic mass is 16.5. The number of nitrogens with one attached hydrogen (secondary N) is 1. The molecule has 0 bridgehead atoms. The first-order chi connectivity index (χ1) is 8.20. The average molecular weight is 235 g/mol. The summed E-state index contributed by atoms with van der Waals surface area (Å²) in [7, 11) is 0. The fourth-order valence-electron chi connectivity index (χ4n) is 2.12. The molecule has 0 radical (unpaired) electrons. The molecule has 0 saturated carbocycles. The minimum Gasteiger partial charge on any atom is -0.377 e. The lowest BCUT2D eigenvalue weighted by molar-refractivity contribution is 0.0471. The Bertz CT molecular complexity index is 324. The zero-order chi connectivity index (χ0) is 12.7. The Morgan fingerprint density at radius 1 is 1.24 bits per heavy atom. The number of hydrogen-bond acceptors (Lipinski definition) is 2. The lowest BCUT2D eigenvalue weighted by Crippen LogP contribution is -2.33. The topological polar surface area (TPSA) is 21.3 Å². The van der Waals surface area contributed by atoms with Gasteiger partial charge in [0.15, 0.2) is 0 Å². The third-order valence-electron chi connectivity index (χ3n) is 3.04. The second kappa shape index (κ2) is 7.46. The van der Waals surface area contributed by atoms with E-state index < -0.39 is 0 Å². The van der Waals surface area contributed by atoms with Crippen LogP contribution in [0.4, 0.5) is 0 Å². The fraction of sp³-hybridized carbons (Fsp3) is 0.600. The number of aryl methyl sites for hydroxylation is 1. The second-order valence-corrected chi connectivity index (χ2v) is 4.45. The van der Waals surface area contributed by atoms with Crippen molar-refractivity contribution in [1.82, 2.24) is 5.32 Å². The first kappa shape index (κ1) is 14.2. The largest absolute Gasteiger partial charge is 0.377 e. The van der Waals surface area contributed by atoms with E-state index in [1.807, 2.05) is 6.92 Å². The van der Waals surface area contributed by atoms with Gasteiger partial charge in [0.2, 0.25) is 0 Å². The smallest absolute Gasteiger partial charge is 0.0741 e. The van der Waals surface area contributed by atoms with Gasteiger partial charge in [-0.1, -0.05) is 31.2 Å². The molecule has 0 heterocycles. The van der Waals surface area contributed by atoms with Gasteiger partial charge in [0.25, 0.3) is 0 Å². The summed E-state index contributed by atoms with van der Waals surface area (Å²) < 4.78 is 5.75. The minimum absolute atomic E-state index is 0.202. The molecule has 1 aromatic rings. The molecule has 2 unspecified atom stereocenters. The van der Waals surface area contributed by atoms with Crippen LogP contribution in [-0.4, -0.2) is 19.3 Å². The van der Waals surface area contributed by atoms with Gasteiger partial charge in [-0.05, 0) is 44.9 Å². The Kier molecular flexibility index (Phi) is 6.23. The van der Waals surface area contributed by atoms with Crippen molar-refractivity contribution in [3.8, 4) is 0 Å². The van der Waals surface area contributed by atoms with Gasteiger partial charge in [-0.15, -0.1) is 0 Å². The van der Waals surface area contributed by atoms with Crippen molar-refractivity contribution in [2.24, 2.45) is 0 Å². The molecule has 0 aliphatic rings. The highest BCUT2D eigenvalue weighted by Crippen LogP contribution is 2.22. The molecule has 0 aliphatic heterocycles. The lowest BCUT2D eigenvalue weighted by atomic mass is 9.97. The number of benzene rings is 1. The molecule has 2 nitrogen and oxygen atoms in total. The zero-order valence-corrected chi connectivity index (χ0v) is 11.5. The number of ether oxygens (including phenoxy) is 1. The molecule has 0 aromatic heterocycles. The predicted octanol–water partition coefficient (Wildman–Crippen LogP) is 3.46. The van der Waals surface area contributed by atoms with Gasteiger partial charge in [-0.25, -0.2) is 0 Å². The summed E-state index contributed by atoms with van der Waals surface area (Å²) >= 11 is 0. The maximum absolute atomic E-state index is 5.75. The van der Waals surface area contributed by atoms with E-state index in [2.05, 4.69) is 50.4 Å². The third kappa shape index (κ3) is 4.14. The molecular formula is C15H25NO. The Morgan fingerprint density at radius 2 is 1.94 bits per heavy atom. The third-order valence-corrected chi connectivity index (χ3v) is 3.04. The van der Waals surface area contributed by atoms with E-state index in [0.717, 1.165) is 19.6 Å². The van der Waals surface area contributed by atoms with Crippen molar-refractivity contribution in [2.45, 2.75) is 46.3 Å². The van der Waals surface area contributed by atoms with Gasteiger partial charge < -0.3 is 10.1 Å². The molecule has 96 valence electrons. The van der Waals surface area contributed by atoms with Crippen LogP contribution in [0.25, 0.3) is 0 Å². The van der Waals surface area contributed by atoms with Crippen LogP contribution in [0, 0.1) is 6.92 Å². The maximum atomic E-state index is 5.75. The molecule has 2 heteroatoms. The van der Waals surface area contributed by atoms with E-state index in [-0.39, 0.29) is 12.1 Å². The first-order valence-corrected chi connectivity index (χ1v) is 6.61. The van der Waals surface area contributed by atoms with E-state index in [0.29, 0.717) is 0 Å². The zero-order valence-electron chi connectivity index (χ0n) is 11.5. The Hall–Kier alpha value is -0.860. The standard InChI is InChI=1S/C15H25NO/c1-5-11-16-15(13(4)17-6-2)14-10-8-7-9-12(14)3/h7-10,13,15-16H,5-6,11H2,1-4H3. The Balaban J connectivity index is 2.85. The second-order valence-electron chi connectivity index (χ2n) is 4.45. The summed E-state index contributed by atoms with van der Waals surface area (Å²) in [6.45, 7) is 10.3. The van der Waals surface area contributed by atoms with E-state index in [1.165, 1.54) is 11.1 Å². The molecule has 0 saturated heterocycles. The number of rotatable bonds is 7. The summed E-state index contributed by atoms with van der Waals surface area (Å²) in [5.74, 6) is 0. The molecule has 0 aliphatic carbocycles. The molecular weight excluding hydrogens is 210 g/mol. The molecule has 17 heavy (non-hydrogen) atoms. The van der Waals surface area contributed by atoms with Crippen LogP contribution in [0.15, 0.2) is 24.3 Å². The van der Waals surface area contributed by atoms with Crippen LogP contribution >= 0.6 is 0 Å². The van der Waals surface area contributed by atoms with Gasteiger partial charge in [-0.3, -0.25) is 0 Å². The fourth-order valence-corrected chi connectivity index (χ4v) is 2.12. The number of hydrogen-bond donors (Lipinski definition) is 1. The van der Waals surface area contributed by atoms with Crippen LogP contribution in [-0.2, 0) is 4.74 Å². The Labute approximate surface area is 105 Å². The van der Waals surface area contributed by atoms with Crippen molar-refractivity contribution >= 4 is 0 Å². The van der Waals surface area contributed by atoms with Crippen LogP contribution < -0.4 is 5.32 Å². The summed E-state index contributed by atoms with van der Waals surface area (Å²) in [4.78, 5) is 0. The van der Waals surface area contributed by atoms with Gasteiger partial charge in [-0.2, -0.15) is 0 Å².